The molecular weight excluding hydrogens is 617 g/mol. The van der Waals surface area contributed by atoms with E-state index in [4.69, 9.17) is 26.3 Å². The molecule has 5 atom stereocenters. The van der Waals surface area contributed by atoms with Crippen molar-refractivity contribution in [1.82, 2.24) is 26.0 Å². The Hall–Kier alpha value is -2.75. The van der Waals surface area contributed by atoms with E-state index < -0.39 is 45.8 Å². The average Bonchev–Trinajstić information content (AvgIpc) is 3.48. The second-order valence-electron chi connectivity index (χ2n) is 11.1. The standard InChI is InChI=1S/C19H17ClFN3O5S.C10H24N2O2/c1-7-10(12(23-29-7)11-8(20)5-4-6-9(11)21)15(25)22-13-16(26)24-14(18(27)28)19(2,3)30-17(13)24;1-3-9(7-13)11-5-6-12-10(4-2)8-14/h4-6,13-14,17H,1-3H3,(H,22,25)(H,27,28);9-14H,3-8H2,1-2H3/t13-,14+,17-;9-,10-/m10/s1. The monoisotopic (exact) mass is 657 g/mol. The summed E-state index contributed by atoms with van der Waals surface area (Å²) in [6, 6.07) is 2.57. The first kappa shape index (κ1) is 35.7. The fourth-order valence-electron chi connectivity index (χ4n) is 5.12. The molecular formula is C29H41ClFN5O7S. The Morgan fingerprint density at radius 2 is 1.75 bits per heavy atom. The van der Waals surface area contributed by atoms with Crippen LogP contribution in [0.15, 0.2) is 22.7 Å². The number of nitrogens with zero attached hydrogens (tertiary/aromatic N) is 2. The lowest BCUT2D eigenvalue weighted by Gasteiger charge is -2.43. The first-order valence-corrected chi connectivity index (χ1v) is 15.7. The maximum absolute atomic E-state index is 14.4. The zero-order chi connectivity index (χ0) is 32.8. The number of halogens is 2. The summed E-state index contributed by atoms with van der Waals surface area (Å²) in [6.45, 7) is 11.1. The number of carbonyl (C=O) groups is 3. The van der Waals surface area contributed by atoms with Crippen molar-refractivity contribution in [3.05, 3.63) is 40.4 Å². The van der Waals surface area contributed by atoms with E-state index in [1.807, 2.05) is 13.8 Å². The molecule has 2 amide bonds. The Balaban J connectivity index is 0.000000321. The topological polar surface area (TPSA) is 177 Å². The van der Waals surface area contributed by atoms with Crippen molar-refractivity contribution < 1.29 is 38.6 Å². The number of aryl methyl sites for hydroxylation is 1. The zero-order valence-corrected chi connectivity index (χ0v) is 27.0. The largest absolute Gasteiger partial charge is 0.480 e. The molecule has 0 bridgehead atoms. The number of β-lactam (4-membered cyclic amide) rings is 1. The SMILES string of the molecule is CC[C@@H](CO)NCCN[C@@H](CC)CO.Cc1onc(-c2c(F)cccc2Cl)c1C(=O)N[C@@H]1C(=O)N2[C@@H]1SC(C)(C)[C@@H]2C(=O)O. The molecule has 3 heterocycles. The van der Waals surface area contributed by atoms with Crippen LogP contribution >= 0.6 is 23.4 Å². The minimum Gasteiger partial charge on any atom is -0.480 e. The number of aliphatic hydroxyl groups excluding tert-OH is 2. The second kappa shape index (κ2) is 15.5. The van der Waals surface area contributed by atoms with Crippen LogP contribution in [0.3, 0.4) is 0 Å². The van der Waals surface area contributed by atoms with E-state index >= 15 is 0 Å². The summed E-state index contributed by atoms with van der Waals surface area (Å²) < 4.78 is 18.7. The van der Waals surface area contributed by atoms with E-state index in [1.54, 1.807) is 13.8 Å². The molecule has 2 fully saturated rings. The highest BCUT2D eigenvalue weighted by Gasteiger charge is 2.64. The van der Waals surface area contributed by atoms with Gasteiger partial charge in [-0.3, -0.25) is 9.59 Å². The zero-order valence-electron chi connectivity index (χ0n) is 25.4. The molecule has 0 radical (unpaired) electrons. The Labute approximate surface area is 265 Å². The van der Waals surface area contributed by atoms with Crippen molar-refractivity contribution in [1.29, 1.82) is 0 Å². The second-order valence-corrected chi connectivity index (χ2v) is 13.3. The van der Waals surface area contributed by atoms with Gasteiger partial charge in [0.25, 0.3) is 5.91 Å². The number of aliphatic carboxylic acids is 1. The Morgan fingerprint density at radius 1 is 1.16 bits per heavy atom. The third-order valence-electron chi connectivity index (χ3n) is 7.67. The summed E-state index contributed by atoms with van der Waals surface area (Å²) >= 11 is 7.40. The molecule has 2 saturated heterocycles. The van der Waals surface area contributed by atoms with Crippen molar-refractivity contribution in [2.75, 3.05) is 26.3 Å². The van der Waals surface area contributed by atoms with Crippen LogP contribution in [0.5, 0.6) is 0 Å². The molecule has 1 aromatic heterocycles. The molecule has 12 nitrogen and oxygen atoms in total. The molecule has 15 heteroatoms. The van der Waals surface area contributed by atoms with Crippen LogP contribution < -0.4 is 16.0 Å². The van der Waals surface area contributed by atoms with Gasteiger partial charge in [0, 0.05) is 29.9 Å². The predicted molar refractivity (Wildman–Crippen MR) is 165 cm³/mol. The minimum absolute atomic E-state index is 0.0368. The van der Waals surface area contributed by atoms with E-state index in [-0.39, 0.29) is 52.9 Å². The van der Waals surface area contributed by atoms with Crippen LogP contribution in [0.1, 0.15) is 56.7 Å². The molecule has 0 unspecified atom stereocenters. The summed E-state index contributed by atoms with van der Waals surface area (Å²) in [6.07, 6.45) is 1.88. The quantitative estimate of drug-likeness (QED) is 0.138. The highest BCUT2D eigenvalue weighted by Crippen LogP contribution is 2.50. The first-order valence-electron chi connectivity index (χ1n) is 14.5. The third-order valence-corrected chi connectivity index (χ3v) is 9.55. The number of carboxylic acids is 1. The number of thioether (sulfide) groups is 1. The number of aromatic nitrogens is 1. The molecule has 0 spiro atoms. The summed E-state index contributed by atoms with van der Waals surface area (Å²) in [4.78, 5) is 38.5. The van der Waals surface area contributed by atoms with E-state index in [0.717, 1.165) is 25.9 Å². The van der Waals surface area contributed by atoms with Crippen LogP contribution in [0.4, 0.5) is 4.39 Å². The maximum atomic E-state index is 14.4. The number of hydrogen-bond acceptors (Lipinski definition) is 10. The highest BCUT2D eigenvalue weighted by molar-refractivity contribution is 8.01. The van der Waals surface area contributed by atoms with E-state index in [1.165, 1.54) is 41.8 Å². The van der Waals surface area contributed by atoms with Crippen molar-refractivity contribution in [2.45, 2.75) is 81.7 Å². The van der Waals surface area contributed by atoms with Gasteiger partial charge in [0.05, 0.1) is 23.8 Å². The van der Waals surface area contributed by atoms with Crippen molar-refractivity contribution in [3.63, 3.8) is 0 Å². The van der Waals surface area contributed by atoms with Crippen molar-refractivity contribution >= 4 is 41.1 Å². The van der Waals surface area contributed by atoms with E-state index in [2.05, 4.69) is 21.1 Å². The molecule has 1 aromatic carbocycles. The van der Waals surface area contributed by atoms with Crippen LogP contribution in [-0.2, 0) is 9.59 Å². The van der Waals surface area contributed by atoms with Gasteiger partial charge in [-0.05, 0) is 45.7 Å². The average molecular weight is 658 g/mol. The molecule has 244 valence electrons. The molecule has 2 aliphatic rings. The number of hydrogen-bond donors (Lipinski definition) is 6. The van der Waals surface area contributed by atoms with Crippen LogP contribution in [0.2, 0.25) is 5.02 Å². The first-order chi connectivity index (χ1) is 20.8. The molecule has 4 rings (SSSR count). The van der Waals surface area contributed by atoms with Gasteiger partial charge in [-0.15, -0.1) is 11.8 Å². The lowest BCUT2D eigenvalue weighted by atomic mass is 9.95. The number of nitrogens with one attached hydrogen (secondary N) is 3. The molecule has 44 heavy (non-hydrogen) atoms. The smallest absolute Gasteiger partial charge is 0.327 e. The number of amides is 2. The summed E-state index contributed by atoms with van der Waals surface area (Å²) in [7, 11) is 0. The van der Waals surface area contributed by atoms with Crippen molar-refractivity contribution in [2.24, 2.45) is 0 Å². The number of carbonyl (C=O) groups excluding carboxylic acids is 2. The highest BCUT2D eigenvalue weighted by atomic mass is 35.5. The van der Waals surface area contributed by atoms with Gasteiger partial charge in [-0.1, -0.05) is 36.7 Å². The van der Waals surface area contributed by atoms with Gasteiger partial charge in [-0.25, -0.2) is 9.18 Å². The van der Waals surface area contributed by atoms with Gasteiger partial charge in [-0.2, -0.15) is 0 Å². The van der Waals surface area contributed by atoms with Crippen LogP contribution in [-0.4, -0.2) is 104 Å². The number of benzene rings is 1. The fourth-order valence-corrected chi connectivity index (χ4v) is 7.00. The summed E-state index contributed by atoms with van der Waals surface area (Å²) in [5.41, 5.74) is -0.185. The summed E-state index contributed by atoms with van der Waals surface area (Å²) in [5, 5.41) is 39.7. The Morgan fingerprint density at radius 3 is 2.25 bits per heavy atom. The summed E-state index contributed by atoms with van der Waals surface area (Å²) in [5.74, 6) is -2.81. The van der Waals surface area contributed by atoms with Gasteiger partial charge < -0.3 is 40.7 Å². The Bertz CT molecular complexity index is 1290. The van der Waals surface area contributed by atoms with Gasteiger partial charge in [0.1, 0.15) is 40.3 Å². The van der Waals surface area contributed by atoms with E-state index in [9.17, 15) is 23.9 Å². The number of rotatable bonds is 13. The third kappa shape index (κ3) is 7.72. The van der Waals surface area contributed by atoms with Crippen molar-refractivity contribution in [3.8, 4) is 11.3 Å². The lowest BCUT2D eigenvalue weighted by Crippen LogP contribution is -2.70. The van der Waals surface area contributed by atoms with Crippen LogP contribution in [0, 0.1) is 12.7 Å². The minimum atomic E-state index is -1.10. The molecule has 2 aromatic rings. The van der Waals surface area contributed by atoms with Crippen LogP contribution in [0.25, 0.3) is 11.3 Å². The molecule has 6 N–H and O–H groups in total. The van der Waals surface area contributed by atoms with E-state index in [0.29, 0.717) is 0 Å². The fraction of sp³-hybridized carbons (Fsp3) is 0.586. The van der Waals surface area contributed by atoms with Gasteiger partial charge in [0.2, 0.25) is 5.91 Å². The normalized spacial score (nSPS) is 21.5. The number of carboxylic acid groups (broad SMARTS) is 1. The number of fused-ring (bicyclic) bond motifs is 1. The van der Waals surface area contributed by atoms with Gasteiger partial charge >= 0.3 is 5.97 Å². The molecule has 0 aliphatic carbocycles. The lowest BCUT2D eigenvalue weighted by molar-refractivity contribution is -0.159. The predicted octanol–water partition coefficient (Wildman–Crippen LogP) is 2.40. The molecule has 0 saturated carbocycles. The number of aliphatic hydroxyl groups is 2. The molecule has 2 aliphatic heterocycles. The van der Waals surface area contributed by atoms with Gasteiger partial charge in [0.15, 0.2) is 0 Å². The maximum Gasteiger partial charge on any atom is 0.327 e. The Kier molecular flexibility index (Phi) is 12.6.